The number of ether oxygens (including phenoxy) is 2. The highest BCUT2D eigenvalue weighted by atomic mass is 35.5. The van der Waals surface area contributed by atoms with Gasteiger partial charge in [0.2, 0.25) is 0 Å². The molecule has 3 N–H and O–H groups in total. The summed E-state index contributed by atoms with van der Waals surface area (Å²) in [6.45, 7) is 11.5. The highest BCUT2D eigenvalue weighted by molar-refractivity contribution is 6.31. The van der Waals surface area contributed by atoms with Crippen molar-refractivity contribution in [2.45, 2.75) is 34.2 Å². The number of hydrogen-bond acceptors (Lipinski definition) is 6. The first kappa shape index (κ1) is 29.7. The Morgan fingerprint density at radius 2 is 1.77 bits per heavy atom. The molecule has 208 valence electrons. The van der Waals surface area contributed by atoms with Crippen molar-refractivity contribution in [1.82, 2.24) is 20.5 Å². The van der Waals surface area contributed by atoms with Crippen molar-refractivity contribution in [2.75, 3.05) is 38.6 Å². The highest BCUT2D eigenvalue weighted by Crippen LogP contribution is 2.31. The van der Waals surface area contributed by atoms with Crippen LogP contribution in [0.4, 0.5) is 10.5 Å². The van der Waals surface area contributed by atoms with Crippen LogP contribution in [-0.2, 0) is 6.54 Å². The van der Waals surface area contributed by atoms with E-state index in [9.17, 15) is 9.59 Å². The van der Waals surface area contributed by atoms with Crippen LogP contribution >= 0.6 is 11.6 Å². The standard InChI is InChI=1S/C29H36ClN5O4/c1-6-35(7-2)12-13-38-27-17-23(30)19(3)15-24(27)34-29(37)33-18-21-8-9-26(20(4)14-21)39-22-10-11-32-25(16-22)28(36)31-5/h8-11,14-17H,6-7,12-13,18H2,1-5H3,(H,31,36)(H2,33,34,37). The molecule has 0 radical (unpaired) electrons. The second-order valence-corrected chi connectivity index (χ2v) is 9.35. The number of pyridine rings is 1. The van der Waals surface area contributed by atoms with Gasteiger partial charge in [-0.2, -0.15) is 0 Å². The molecule has 0 bridgehead atoms. The minimum atomic E-state index is -0.359. The van der Waals surface area contributed by atoms with Crippen molar-refractivity contribution in [3.63, 3.8) is 0 Å². The predicted molar refractivity (Wildman–Crippen MR) is 154 cm³/mol. The van der Waals surface area contributed by atoms with E-state index >= 15 is 0 Å². The Labute approximate surface area is 234 Å². The van der Waals surface area contributed by atoms with E-state index in [1.807, 2.05) is 32.0 Å². The Balaban J connectivity index is 1.60. The molecule has 0 saturated carbocycles. The third-order valence-corrected chi connectivity index (χ3v) is 6.59. The summed E-state index contributed by atoms with van der Waals surface area (Å²) in [7, 11) is 1.55. The second kappa shape index (κ2) is 14.4. The molecule has 1 heterocycles. The summed E-state index contributed by atoms with van der Waals surface area (Å²) in [6.07, 6.45) is 1.52. The fourth-order valence-corrected chi connectivity index (χ4v) is 4.00. The van der Waals surface area contributed by atoms with Crippen LogP contribution in [0, 0.1) is 13.8 Å². The fraction of sp³-hybridized carbons (Fsp3) is 0.345. The number of rotatable bonds is 12. The molecule has 3 aromatic rings. The van der Waals surface area contributed by atoms with Gasteiger partial charge in [-0.05, 0) is 61.8 Å². The van der Waals surface area contributed by atoms with Crippen LogP contribution in [0.3, 0.4) is 0 Å². The van der Waals surface area contributed by atoms with Crippen LogP contribution in [0.25, 0.3) is 0 Å². The average molecular weight is 554 g/mol. The lowest BCUT2D eigenvalue weighted by Gasteiger charge is -2.19. The molecule has 0 spiro atoms. The number of carbonyl (C=O) groups is 2. The number of aryl methyl sites for hydroxylation is 2. The number of urea groups is 1. The van der Waals surface area contributed by atoms with E-state index in [0.29, 0.717) is 41.1 Å². The van der Waals surface area contributed by atoms with Gasteiger partial charge in [0.15, 0.2) is 0 Å². The maximum atomic E-state index is 12.7. The van der Waals surface area contributed by atoms with Gasteiger partial charge < -0.3 is 30.3 Å². The number of hydrogen-bond donors (Lipinski definition) is 3. The number of halogens is 1. The van der Waals surface area contributed by atoms with Gasteiger partial charge in [0.05, 0.1) is 5.69 Å². The van der Waals surface area contributed by atoms with E-state index in [-0.39, 0.29) is 17.6 Å². The Bertz CT molecular complexity index is 1300. The minimum Gasteiger partial charge on any atom is -0.490 e. The van der Waals surface area contributed by atoms with Crippen molar-refractivity contribution in [3.8, 4) is 17.2 Å². The van der Waals surface area contributed by atoms with Gasteiger partial charge in [-0.25, -0.2) is 4.79 Å². The first-order chi connectivity index (χ1) is 18.7. The third kappa shape index (κ3) is 8.59. The number of aromatic nitrogens is 1. The number of benzene rings is 2. The van der Waals surface area contributed by atoms with E-state index < -0.39 is 0 Å². The SMILES string of the molecule is CCN(CC)CCOc1cc(Cl)c(C)cc1NC(=O)NCc1ccc(Oc2ccnc(C(=O)NC)c2)c(C)c1. The zero-order valence-electron chi connectivity index (χ0n) is 23.1. The van der Waals surface area contributed by atoms with Gasteiger partial charge in [-0.1, -0.05) is 37.6 Å². The van der Waals surface area contributed by atoms with Crippen molar-refractivity contribution in [2.24, 2.45) is 0 Å². The summed E-state index contributed by atoms with van der Waals surface area (Å²) in [5.41, 5.74) is 3.45. The third-order valence-electron chi connectivity index (χ3n) is 6.18. The monoisotopic (exact) mass is 553 g/mol. The molecule has 1 aromatic heterocycles. The molecule has 10 heteroatoms. The van der Waals surface area contributed by atoms with Gasteiger partial charge >= 0.3 is 6.03 Å². The zero-order chi connectivity index (χ0) is 28.4. The normalized spacial score (nSPS) is 10.7. The molecule has 9 nitrogen and oxygen atoms in total. The van der Waals surface area contributed by atoms with E-state index in [1.54, 1.807) is 31.3 Å². The smallest absolute Gasteiger partial charge is 0.319 e. The average Bonchev–Trinajstić information content (AvgIpc) is 2.93. The van der Waals surface area contributed by atoms with Crippen molar-refractivity contribution >= 4 is 29.2 Å². The predicted octanol–water partition coefficient (Wildman–Crippen LogP) is 5.55. The zero-order valence-corrected chi connectivity index (χ0v) is 23.8. The number of likely N-dealkylation sites (N-methyl/N-ethyl adjacent to an activating group) is 1. The molecule has 0 atom stereocenters. The molecule has 3 amide bonds. The number of carbonyl (C=O) groups excluding carboxylic acids is 2. The van der Waals surface area contributed by atoms with Gasteiger partial charge in [-0.3, -0.25) is 9.78 Å². The minimum absolute atomic E-state index is 0.271. The molecule has 0 fully saturated rings. The lowest BCUT2D eigenvalue weighted by Crippen LogP contribution is -2.29. The topological polar surface area (TPSA) is 105 Å². The summed E-state index contributed by atoms with van der Waals surface area (Å²) in [4.78, 5) is 30.9. The van der Waals surface area contributed by atoms with E-state index in [4.69, 9.17) is 21.1 Å². The van der Waals surface area contributed by atoms with Crippen molar-refractivity contribution in [1.29, 1.82) is 0 Å². The molecule has 0 unspecified atom stereocenters. The van der Waals surface area contributed by atoms with Crippen LogP contribution in [0.5, 0.6) is 17.2 Å². The Morgan fingerprint density at radius 1 is 1.00 bits per heavy atom. The number of anilines is 1. The van der Waals surface area contributed by atoms with E-state index in [2.05, 4.69) is 39.7 Å². The molecule has 0 aliphatic carbocycles. The summed E-state index contributed by atoms with van der Waals surface area (Å²) in [6, 6.07) is 12.1. The highest BCUT2D eigenvalue weighted by Gasteiger charge is 2.13. The molecular formula is C29H36ClN5O4. The van der Waals surface area contributed by atoms with Gasteiger partial charge in [0.1, 0.15) is 29.5 Å². The van der Waals surface area contributed by atoms with Gasteiger partial charge in [-0.15, -0.1) is 0 Å². The second-order valence-electron chi connectivity index (χ2n) is 8.94. The van der Waals surface area contributed by atoms with E-state index in [1.165, 1.54) is 6.20 Å². The molecule has 0 aliphatic rings. The van der Waals surface area contributed by atoms with Crippen LogP contribution in [0.1, 0.15) is 41.0 Å². The lowest BCUT2D eigenvalue weighted by atomic mass is 10.1. The molecule has 2 aromatic carbocycles. The van der Waals surface area contributed by atoms with E-state index in [0.717, 1.165) is 36.3 Å². The Morgan fingerprint density at radius 3 is 2.46 bits per heavy atom. The molecule has 0 aliphatic heterocycles. The summed E-state index contributed by atoms with van der Waals surface area (Å²) in [5.74, 6) is 1.38. The largest absolute Gasteiger partial charge is 0.490 e. The van der Waals surface area contributed by atoms with Crippen LogP contribution in [0.15, 0.2) is 48.7 Å². The number of nitrogens with one attached hydrogen (secondary N) is 3. The van der Waals surface area contributed by atoms with Gasteiger partial charge in [0, 0.05) is 43.5 Å². The van der Waals surface area contributed by atoms with Crippen LogP contribution < -0.4 is 25.4 Å². The van der Waals surface area contributed by atoms with Crippen LogP contribution in [0.2, 0.25) is 5.02 Å². The number of nitrogens with zero attached hydrogens (tertiary/aromatic N) is 2. The summed E-state index contributed by atoms with van der Waals surface area (Å²) >= 11 is 6.32. The maximum absolute atomic E-state index is 12.7. The first-order valence-corrected chi connectivity index (χ1v) is 13.3. The fourth-order valence-electron chi connectivity index (χ4n) is 3.84. The Kier molecular flexibility index (Phi) is 11.0. The summed E-state index contributed by atoms with van der Waals surface area (Å²) < 4.78 is 11.9. The Hall–Kier alpha value is -3.82. The maximum Gasteiger partial charge on any atom is 0.319 e. The number of amides is 3. The molecule has 39 heavy (non-hydrogen) atoms. The molecule has 3 rings (SSSR count). The summed E-state index contributed by atoms with van der Waals surface area (Å²) in [5, 5.41) is 8.89. The van der Waals surface area contributed by atoms with Crippen LogP contribution in [-0.4, -0.2) is 55.1 Å². The van der Waals surface area contributed by atoms with Crippen molar-refractivity contribution in [3.05, 3.63) is 76.1 Å². The first-order valence-electron chi connectivity index (χ1n) is 12.9. The van der Waals surface area contributed by atoms with Gasteiger partial charge in [0.25, 0.3) is 5.91 Å². The molecule has 0 saturated heterocycles. The quantitative estimate of drug-likeness (QED) is 0.272. The lowest BCUT2D eigenvalue weighted by molar-refractivity contribution is 0.0957. The van der Waals surface area contributed by atoms with Crippen molar-refractivity contribution < 1.29 is 19.1 Å². The molecular weight excluding hydrogens is 518 g/mol.